The van der Waals surface area contributed by atoms with E-state index in [-0.39, 0.29) is 24.4 Å². The van der Waals surface area contributed by atoms with E-state index in [1.807, 2.05) is 0 Å². The van der Waals surface area contributed by atoms with Gasteiger partial charge in [0, 0.05) is 32.3 Å². The van der Waals surface area contributed by atoms with Crippen LogP contribution in [0.1, 0.15) is 12.8 Å². The summed E-state index contributed by atoms with van der Waals surface area (Å²) in [6.07, 6.45) is 1.05. The van der Waals surface area contributed by atoms with Crippen molar-refractivity contribution in [2.75, 3.05) is 25.1 Å². The summed E-state index contributed by atoms with van der Waals surface area (Å²) in [5, 5.41) is 11.1. The Kier molecular flexibility index (Phi) is 4.69. The number of nitro benzene ring substituents is 1. The Labute approximate surface area is 120 Å². The molecule has 0 aliphatic carbocycles. The molecule has 0 spiro atoms. The number of piperidine rings is 1. The Morgan fingerprint density at radius 1 is 1.52 bits per heavy atom. The second-order valence-electron chi connectivity index (χ2n) is 4.95. The first-order valence-corrected chi connectivity index (χ1v) is 6.61. The lowest BCUT2D eigenvalue weighted by atomic mass is 9.98. The van der Waals surface area contributed by atoms with Gasteiger partial charge < -0.3 is 15.4 Å². The van der Waals surface area contributed by atoms with E-state index in [9.17, 15) is 18.9 Å². The highest BCUT2D eigenvalue weighted by atomic mass is 19.2. The van der Waals surface area contributed by atoms with Crippen LogP contribution in [0.3, 0.4) is 0 Å². The van der Waals surface area contributed by atoms with Crippen molar-refractivity contribution >= 4 is 11.4 Å². The second kappa shape index (κ2) is 6.31. The van der Waals surface area contributed by atoms with Crippen LogP contribution in [0.2, 0.25) is 0 Å². The number of nitrogens with two attached hydrogens (primary N) is 1. The molecule has 0 amide bonds. The normalized spacial score (nSPS) is 22.4. The van der Waals surface area contributed by atoms with Crippen molar-refractivity contribution < 1.29 is 18.4 Å². The summed E-state index contributed by atoms with van der Waals surface area (Å²) in [5.41, 5.74) is 4.89. The molecule has 116 valence electrons. The van der Waals surface area contributed by atoms with Gasteiger partial charge in [-0.2, -0.15) is 0 Å². The topological polar surface area (TPSA) is 81.6 Å². The van der Waals surface area contributed by atoms with Gasteiger partial charge in [-0.1, -0.05) is 0 Å². The van der Waals surface area contributed by atoms with Gasteiger partial charge in [0.2, 0.25) is 0 Å². The summed E-state index contributed by atoms with van der Waals surface area (Å²) in [4.78, 5) is 11.8. The molecule has 0 saturated carbocycles. The molecule has 2 unspecified atom stereocenters. The lowest BCUT2D eigenvalue weighted by Gasteiger charge is -2.39. The van der Waals surface area contributed by atoms with Gasteiger partial charge in [0.1, 0.15) is 0 Å². The molecule has 1 heterocycles. The van der Waals surface area contributed by atoms with Crippen molar-refractivity contribution in [3.05, 3.63) is 33.9 Å². The summed E-state index contributed by atoms with van der Waals surface area (Å²) in [6, 6.07) is 1.40. The largest absolute Gasteiger partial charge is 0.381 e. The van der Waals surface area contributed by atoms with Crippen molar-refractivity contribution in [2.45, 2.75) is 25.0 Å². The molecule has 1 aliphatic rings. The van der Waals surface area contributed by atoms with Crippen LogP contribution < -0.4 is 10.6 Å². The monoisotopic (exact) mass is 301 g/mol. The predicted octanol–water partition coefficient (Wildman–Crippen LogP) is 1.82. The number of methoxy groups -OCH3 is 1. The number of anilines is 1. The predicted molar refractivity (Wildman–Crippen MR) is 73.2 cm³/mol. The first-order valence-electron chi connectivity index (χ1n) is 6.61. The van der Waals surface area contributed by atoms with Crippen LogP contribution in [0.5, 0.6) is 0 Å². The zero-order chi connectivity index (χ0) is 15.6. The molecule has 0 bridgehead atoms. The minimum absolute atomic E-state index is 0.0366. The minimum Gasteiger partial charge on any atom is -0.381 e. The van der Waals surface area contributed by atoms with Crippen molar-refractivity contribution in [3.63, 3.8) is 0 Å². The molecule has 1 aromatic rings. The summed E-state index contributed by atoms with van der Waals surface area (Å²) in [5.74, 6) is -2.32. The quantitative estimate of drug-likeness (QED) is 0.677. The SMILES string of the molecule is COC1CCN(c2c([N+](=O)[O-])ccc(F)c2F)C(CN)C1. The molecule has 2 atom stereocenters. The maximum absolute atomic E-state index is 14.1. The average Bonchev–Trinajstić information content (AvgIpc) is 2.49. The molecule has 21 heavy (non-hydrogen) atoms. The lowest BCUT2D eigenvalue weighted by molar-refractivity contribution is -0.384. The Bertz CT molecular complexity index is 542. The number of hydrogen-bond acceptors (Lipinski definition) is 5. The van der Waals surface area contributed by atoms with E-state index in [0.717, 1.165) is 12.1 Å². The van der Waals surface area contributed by atoms with Crippen molar-refractivity contribution in [1.29, 1.82) is 0 Å². The molecule has 1 aliphatic heterocycles. The fourth-order valence-electron chi connectivity index (χ4n) is 2.70. The van der Waals surface area contributed by atoms with Crippen LogP contribution in [0.15, 0.2) is 12.1 Å². The van der Waals surface area contributed by atoms with Crippen LogP contribution in [0, 0.1) is 21.7 Å². The van der Waals surface area contributed by atoms with E-state index in [0.29, 0.717) is 19.4 Å². The van der Waals surface area contributed by atoms with Crippen LogP contribution in [-0.2, 0) is 4.74 Å². The van der Waals surface area contributed by atoms with Gasteiger partial charge in [0.15, 0.2) is 17.3 Å². The molecule has 2 N–H and O–H groups in total. The Hall–Kier alpha value is -1.80. The average molecular weight is 301 g/mol. The molecule has 6 nitrogen and oxygen atoms in total. The smallest absolute Gasteiger partial charge is 0.295 e. The van der Waals surface area contributed by atoms with Crippen molar-refractivity contribution in [2.24, 2.45) is 5.73 Å². The molecular weight excluding hydrogens is 284 g/mol. The molecule has 1 fully saturated rings. The number of ether oxygens (including phenoxy) is 1. The van der Waals surface area contributed by atoms with E-state index in [2.05, 4.69) is 0 Å². The molecule has 1 aromatic carbocycles. The van der Waals surface area contributed by atoms with Crippen LogP contribution in [0.4, 0.5) is 20.2 Å². The fraction of sp³-hybridized carbons (Fsp3) is 0.538. The first kappa shape index (κ1) is 15.6. The third-order valence-corrected chi connectivity index (χ3v) is 3.80. The van der Waals surface area contributed by atoms with Gasteiger partial charge in [0.25, 0.3) is 5.69 Å². The molecule has 8 heteroatoms. The fourth-order valence-corrected chi connectivity index (χ4v) is 2.70. The summed E-state index contributed by atoms with van der Waals surface area (Å²) < 4.78 is 32.8. The number of halogens is 2. The number of benzene rings is 1. The van der Waals surface area contributed by atoms with Gasteiger partial charge in [-0.15, -0.1) is 0 Å². The molecule has 0 aromatic heterocycles. The van der Waals surface area contributed by atoms with Gasteiger partial charge in [-0.3, -0.25) is 10.1 Å². The number of rotatable bonds is 4. The zero-order valence-electron chi connectivity index (χ0n) is 11.6. The maximum Gasteiger partial charge on any atom is 0.295 e. The van der Waals surface area contributed by atoms with Gasteiger partial charge in [-0.05, 0) is 18.9 Å². The molecule has 1 saturated heterocycles. The van der Waals surface area contributed by atoms with Crippen LogP contribution >= 0.6 is 0 Å². The van der Waals surface area contributed by atoms with E-state index in [1.165, 1.54) is 4.90 Å². The van der Waals surface area contributed by atoms with E-state index in [4.69, 9.17) is 10.5 Å². The van der Waals surface area contributed by atoms with Gasteiger partial charge in [0.05, 0.1) is 11.0 Å². The first-order chi connectivity index (χ1) is 9.99. The van der Waals surface area contributed by atoms with E-state index < -0.39 is 22.2 Å². The molecule has 2 rings (SSSR count). The Balaban J connectivity index is 2.44. The molecular formula is C13H17F2N3O3. The van der Waals surface area contributed by atoms with Crippen LogP contribution in [-0.4, -0.2) is 37.3 Å². The number of hydrogen-bond donors (Lipinski definition) is 1. The van der Waals surface area contributed by atoms with E-state index >= 15 is 0 Å². The summed E-state index contributed by atoms with van der Waals surface area (Å²) >= 11 is 0. The zero-order valence-corrected chi connectivity index (χ0v) is 11.6. The highest BCUT2D eigenvalue weighted by molar-refractivity contribution is 5.65. The van der Waals surface area contributed by atoms with E-state index in [1.54, 1.807) is 7.11 Å². The number of nitro groups is 1. The third kappa shape index (κ3) is 2.96. The van der Waals surface area contributed by atoms with Crippen molar-refractivity contribution in [3.8, 4) is 0 Å². The Morgan fingerprint density at radius 3 is 2.81 bits per heavy atom. The van der Waals surface area contributed by atoms with Gasteiger partial charge >= 0.3 is 0 Å². The van der Waals surface area contributed by atoms with Crippen LogP contribution in [0.25, 0.3) is 0 Å². The summed E-state index contributed by atoms with van der Waals surface area (Å²) in [6.45, 7) is 0.495. The summed E-state index contributed by atoms with van der Waals surface area (Å²) in [7, 11) is 1.57. The highest BCUT2D eigenvalue weighted by Gasteiger charge is 2.34. The Morgan fingerprint density at radius 2 is 2.24 bits per heavy atom. The number of nitrogens with zero attached hydrogens (tertiary/aromatic N) is 2. The van der Waals surface area contributed by atoms with Crippen molar-refractivity contribution in [1.82, 2.24) is 0 Å². The second-order valence-corrected chi connectivity index (χ2v) is 4.95. The standard InChI is InChI=1S/C13H17F2N3O3/c1-21-9-4-5-17(8(6-9)7-16)13-11(18(19)20)3-2-10(14)12(13)15/h2-3,8-9H,4-7,16H2,1H3. The van der Waals surface area contributed by atoms with Gasteiger partial charge in [-0.25, -0.2) is 8.78 Å². The highest BCUT2D eigenvalue weighted by Crippen LogP contribution is 2.36. The third-order valence-electron chi connectivity index (χ3n) is 3.80. The lowest BCUT2D eigenvalue weighted by Crippen LogP contribution is -2.49. The minimum atomic E-state index is -1.21. The maximum atomic E-state index is 14.1. The molecule has 0 radical (unpaired) electrons.